The van der Waals surface area contributed by atoms with Crippen LogP contribution in [0.15, 0.2) is 0 Å². The Balaban J connectivity index is 1.82. The highest BCUT2D eigenvalue weighted by Gasteiger charge is 2.34. The second kappa shape index (κ2) is 6.37. The molecule has 1 amide bonds. The summed E-state index contributed by atoms with van der Waals surface area (Å²) in [6.45, 7) is 1.49. The van der Waals surface area contributed by atoms with E-state index in [1.807, 2.05) is 4.90 Å². The fraction of sp³-hybridized carbons (Fsp3) is 0.857. The van der Waals surface area contributed by atoms with Crippen molar-refractivity contribution in [1.82, 2.24) is 4.90 Å². The maximum Gasteiger partial charge on any atom is 0.303 e. The zero-order chi connectivity index (χ0) is 13.8. The molecule has 1 aliphatic carbocycles. The van der Waals surface area contributed by atoms with Gasteiger partial charge in [0.15, 0.2) is 0 Å². The summed E-state index contributed by atoms with van der Waals surface area (Å²) in [6, 6.07) is 0.0133. The van der Waals surface area contributed by atoms with E-state index in [4.69, 9.17) is 10.8 Å². The first kappa shape index (κ1) is 14.3. The first-order chi connectivity index (χ1) is 9.08. The third-order valence-corrected chi connectivity index (χ3v) is 4.50. The van der Waals surface area contributed by atoms with Gasteiger partial charge < -0.3 is 15.7 Å². The van der Waals surface area contributed by atoms with Crippen LogP contribution in [-0.4, -0.2) is 41.0 Å². The molecule has 3 atom stereocenters. The number of likely N-dealkylation sites (tertiary alicyclic amines) is 1. The molecular formula is C14H24N2O3. The van der Waals surface area contributed by atoms with E-state index in [1.165, 1.54) is 0 Å². The fourth-order valence-corrected chi connectivity index (χ4v) is 3.30. The van der Waals surface area contributed by atoms with Crippen molar-refractivity contribution >= 4 is 11.9 Å². The van der Waals surface area contributed by atoms with Crippen molar-refractivity contribution in [1.29, 1.82) is 0 Å². The summed E-state index contributed by atoms with van der Waals surface area (Å²) in [5.74, 6) is -0.212. The fourth-order valence-electron chi connectivity index (χ4n) is 3.30. The quantitative estimate of drug-likeness (QED) is 0.803. The lowest BCUT2D eigenvalue weighted by atomic mass is 9.84. The van der Waals surface area contributed by atoms with E-state index in [0.29, 0.717) is 12.3 Å². The highest BCUT2D eigenvalue weighted by atomic mass is 16.4. The minimum Gasteiger partial charge on any atom is -0.481 e. The molecule has 3 N–H and O–H groups in total. The molecular weight excluding hydrogens is 244 g/mol. The summed E-state index contributed by atoms with van der Waals surface area (Å²) in [6.07, 6.45) is 5.90. The van der Waals surface area contributed by atoms with Crippen LogP contribution in [0.2, 0.25) is 0 Å². The van der Waals surface area contributed by atoms with Gasteiger partial charge in [0.1, 0.15) is 0 Å². The van der Waals surface area contributed by atoms with Crippen LogP contribution < -0.4 is 5.73 Å². The first-order valence-corrected chi connectivity index (χ1v) is 7.34. The molecule has 0 aromatic rings. The van der Waals surface area contributed by atoms with E-state index in [1.54, 1.807) is 0 Å². The molecule has 1 saturated carbocycles. The lowest BCUT2D eigenvalue weighted by Crippen LogP contribution is -2.45. The Morgan fingerprint density at radius 3 is 2.63 bits per heavy atom. The minimum absolute atomic E-state index is 0.00743. The molecule has 0 bridgehead atoms. The average Bonchev–Trinajstić information content (AvgIpc) is 2.85. The van der Waals surface area contributed by atoms with Crippen LogP contribution in [0, 0.1) is 11.8 Å². The summed E-state index contributed by atoms with van der Waals surface area (Å²) >= 11 is 0. The van der Waals surface area contributed by atoms with Crippen LogP contribution >= 0.6 is 0 Å². The van der Waals surface area contributed by atoms with Crippen molar-refractivity contribution < 1.29 is 14.7 Å². The second-order valence-corrected chi connectivity index (χ2v) is 5.93. The highest BCUT2D eigenvalue weighted by molar-refractivity contribution is 5.80. The second-order valence-electron chi connectivity index (χ2n) is 5.93. The highest BCUT2D eigenvalue weighted by Crippen LogP contribution is 2.28. The number of carbonyl (C=O) groups excluding carboxylic acids is 1. The van der Waals surface area contributed by atoms with Crippen molar-refractivity contribution in [2.24, 2.45) is 17.6 Å². The maximum absolute atomic E-state index is 12.4. The van der Waals surface area contributed by atoms with Gasteiger partial charge in [-0.05, 0) is 31.6 Å². The molecule has 5 nitrogen and oxygen atoms in total. The molecule has 108 valence electrons. The van der Waals surface area contributed by atoms with E-state index < -0.39 is 5.97 Å². The smallest absolute Gasteiger partial charge is 0.303 e. The molecule has 0 spiro atoms. The molecule has 1 heterocycles. The molecule has 2 fully saturated rings. The number of rotatable bonds is 4. The van der Waals surface area contributed by atoms with Crippen molar-refractivity contribution in [3.63, 3.8) is 0 Å². The standard InChI is InChI=1S/C14H24N2O3/c15-12-4-2-1-3-11(12)14(19)16-8-7-10(9-16)5-6-13(17)18/h10-12H,1-9,15H2,(H,17,18). The molecule has 19 heavy (non-hydrogen) atoms. The lowest BCUT2D eigenvalue weighted by molar-refractivity contribution is -0.137. The van der Waals surface area contributed by atoms with Crippen LogP contribution in [0.4, 0.5) is 0 Å². The van der Waals surface area contributed by atoms with E-state index in [2.05, 4.69) is 0 Å². The van der Waals surface area contributed by atoms with Crippen LogP contribution in [0.5, 0.6) is 0 Å². The molecule has 0 radical (unpaired) electrons. The summed E-state index contributed by atoms with van der Waals surface area (Å²) in [7, 11) is 0. The monoisotopic (exact) mass is 268 g/mol. The maximum atomic E-state index is 12.4. The number of carboxylic acid groups (broad SMARTS) is 1. The molecule has 2 aliphatic rings. The first-order valence-electron chi connectivity index (χ1n) is 7.34. The summed E-state index contributed by atoms with van der Waals surface area (Å²) in [5, 5.41) is 8.69. The van der Waals surface area contributed by atoms with Crippen molar-refractivity contribution in [3.8, 4) is 0 Å². The molecule has 0 aromatic heterocycles. The van der Waals surface area contributed by atoms with Gasteiger partial charge in [0.25, 0.3) is 0 Å². The van der Waals surface area contributed by atoms with Gasteiger partial charge >= 0.3 is 5.97 Å². The Morgan fingerprint density at radius 2 is 1.95 bits per heavy atom. The number of nitrogens with two attached hydrogens (primary N) is 1. The van der Waals surface area contributed by atoms with Crippen LogP contribution in [-0.2, 0) is 9.59 Å². The molecule has 3 unspecified atom stereocenters. The topological polar surface area (TPSA) is 83.6 Å². The molecule has 1 saturated heterocycles. The largest absolute Gasteiger partial charge is 0.481 e. The van der Waals surface area contributed by atoms with E-state index in [0.717, 1.165) is 45.2 Å². The van der Waals surface area contributed by atoms with Gasteiger partial charge in [0.05, 0.1) is 5.92 Å². The minimum atomic E-state index is -0.751. The molecule has 1 aliphatic heterocycles. The Morgan fingerprint density at radius 1 is 1.21 bits per heavy atom. The van der Waals surface area contributed by atoms with Gasteiger partial charge in [0.2, 0.25) is 5.91 Å². The summed E-state index contributed by atoms with van der Waals surface area (Å²) in [5.41, 5.74) is 6.06. The normalized spacial score (nSPS) is 31.4. The predicted molar refractivity (Wildman–Crippen MR) is 71.5 cm³/mol. The summed E-state index contributed by atoms with van der Waals surface area (Å²) in [4.78, 5) is 24.9. The van der Waals surface area contributed by atoms with Crippen LogP contribution in [0.25, 0.3) is 0 Å². The zero-order valence-electron chi connectivity index (χ0n) is 11.4. The number of hydrogen-bond acceptors (Lipinski definition) is 3. The third kappa shape index (κ3) is 3.69. The van der Waals surface area contributed by atoms with E-state index >= 15 is 0 Å². The van der Waals surface area contributed by atoms with E-state index in [-0.39, 0.29) is 24.3 Å². The molecule has 2 rings (SSSR count). The third-order valence-electron chi connectivity index (χ3n) is 4.50. The summed E-state index contributed by atoms with van der Waals surface area (Å²) < 4.78 is 0. The van der Waals surface area contributed by atoms with E-state index in [9.17, 15) is 9.59 Å². The Kier molecular flexibility index (Phi) is 4.80. The van der Waals surface area contributed by atoms with Crippen LogP contribution in [0.3, 0.4) is 0 Å². The number of carboxylic acids is 1. The van der Waals surface area contributed by atoms with Gasteiger partial charge in [-0.3, -0.25) is 9.59 Å². The van der Waals surface area contributed by atoms with Gasteiger partial charge in [0, 0.05) is 25.6 Å². The number of hydrogen-bond donors (Lipinski definition) is 2. The number of amides is 1. The molecule has 0 aromatic carbocycles. The number of nitrogens with zero attached hydrogens (tertiary/aromatic N) is 1. The SMILES string of the molecule is NC1CCCCC1C(=O)N1CCC(CCC(=O)O)C1. The predicted octanol–water partition coefficient (Wildman–Crippen LogP) is 1.22. The van der Waals surface area contributed by atoms with Crippen LogP contribution in [0.1, 0.15) is 44.9 Å². The lowest BCUT2D eigenvalue weighted by Gasteiger charge is -2.31. The van der Waals surface area contributed by atoms with Gasteiger partial charge in [-0.2, -0.15) is 0 Å². The average molecular weight is 268 g/mol. The Labute approximate surface area is 114 Å². The number of aliphatic carboxylic acids is 1. The van der Waals surface area contributed by atoms with Crippen molar-refractivity contribution in [2.45, 2.75) is 51.0 Å². The van der Waals surface area contributed by atoms with Gasteiger partial charge in [-0.25, -0.2) is 0 Å². The Bertz CT molecular complexity index is 346. The van der Waals surface area contributed by atoms with Gasteiger partial charge in [-0.15, -0.1) is 0 Å². The zero-order valence-corrected chi connectivity index (χ0v) is 11.4. The Hall–Kier alpha value is -1.10. The van der Waals surface area contributed by atoms with Gasteiger partial charge in [-0.1, -0.05) is 12.8 Å². The van der Waals surface area contributed by atoms with Crippen molar-refractivity contribution in [3.05, 3.63) is 0 Å². The van der Waals surface area contributed by atoms with Crippen molar-refractivity contribution in [2.75, 3.05) is 13.1 Å². The molecule has 5 heteroatoms. The number of carbonyl (C=O) groups is 2.